The summed E-state index contributed by atoms with van der Waals surface area (Å²) >= 11 is 0. The van der Waals surface area contributed by atoms with Crippen LogP contribution in [0.1, 0.15) is 22.3 Å². The van der Waals surface area contributed by atoms with Crippen LogP contribution in [0.3, 0.4) is 0 Å². The predicted molar refractivity (Wildman–Crippen MR) is 168 cm³/mol. The Morgan fingerprint density at radius 1 is 0.522 bits per heavy atom. The maximum atomic E-state index is 12.6. The van der Waals surface area contributed by atoms with E-state index in [9.17, 15) is 26.3 Å². The normalized spacial score (nSPS) is 10.8. The van der Waals surface area contributed by atoms with Crippen LogP contribution >= 0.6 is 0 Å². The van der Waals surface area contributed by atoms with E-state index in [1.54, 1.807) is 0 Å². The Morgan fingerprint density at radius 2 is 0.826 bits per heavy atom. The van der Waals surface area contributed by atoms with Crippen LogP contribution in [0.5, 0.6) is 0 Å². The van der Waals surface area contributed by atoms with Gasteiger partial charge in [-0.3, -0.25) is 0 Å². The van der Waals surface area contributed by atoms with Gasteiger partial charge in [0.2, 0.25) is 0 Å². The summed E-state index contributed by atoms with van der Waals surface area (Å²) in [5, 5.41) is 4.37. The quantitative estimate of drug-likeness (QED) is 0.124. The van der Waals surface area contributed by atoms with Gasteiger partial charge < -0.3 is 24.8 Å². The number of alkyl halides is 6. The molecule has 0 heterocycles. The topological polar surface area (TPSA) is 0 Å². The molecule has 6 aromatic carbocycles. The minimum atomic E-state index is -4.29. The smallest absolute Gasteiger partial charge is 1.00 e. The Morgan fingerprint density at radius 3 is 1.11 bits per heavy atom. The summed E-state index contributed by atoms with van der Waals surface area (Å²) in [7, 11) is 0.750. The molecule has 6 rings (SSSR count). The van der Waals surface area contributed by atoms with Crippen LogP contribution in [0.15, 0.2) is 109 Å². The van der Waals surface area contributed by atoms with Crippen molar-refractivity contribution in [3.05, 3.63) is 131 Å². The van der Waals surface area contributed by atoms with Gasteiger partial charge >= 0.3 is 34.1 Å². The van der Waals surface area contributed by atoms with E-state index in [0.717, 1.165) is 88.7 Å². The molecule has 0 aliphatic heterocycles. The molecule has 0 aliphatic rings. The molecule has 1 radical (unpaired) electrons. The molecule has 6 aromatic rings. The van der Waals surface area contributed by atoms with Crippen LogP contribution in [-0.4, -0.2) is 9.52 Å². The molecule has 0 nitrogen and oxygen atoms in total. The molecule has 239 valence electrons. The van der Waals surface area contributed by atoms with Crippen molar-refractivity contribution < 1.29 is 72.9 Å². The van der Waals surface area contributed by atoms with Crippen LogP contribution in [0.2, 0.25) is 13.1 Å². The van der Waals surface area contributed by atoms with E-state index in [2.05, 4.69) is 37.4 Å². The molecule has 0 saturated carbocycles. The van der Waals surface area contributed by atoms with Crippen molar-refractivity contribution in [3.63, 3.8) is 0 Å². The maximum Gasteiger partial charge on any atom is 4.00 e. The van der Waals surface area contributed by atoms with Gasteiger partial charge in [0.15, 0.2) is 0 Å². The number of fused-ring (bicyclic) bond motifs is 2. The third kappa shape index (κ3) is 10.1. The molecule has 0 atom stereocenters. The molecule has 0 spiro atoms. The van der Waals surface area contributed by atoms with E-state index in [1.807, 2.05) is 50.2 Å². The van der Waals surface area contributed by atoms with Crippen molar-refractivity contribution >= 4 is 31.1 Å². The van der Waals surface area contributed by atoms with Gasteiger partial charge in [-0.2, -0.15) is 38.5 Å². The Hall–Kier alpha value is -2.81. The monoisotopic (exact) mass is 723 g/mol. The summed E-state index contributed by atoms with van der Waals surface area (Å²) in [6, 6.07) is 30.6. The van der Waals surface area contributed by atoms with E-state index >= 15 is 0 Å². The molecule has 0 saturated heterocycles. The summed E-state index contributed by atoms with van der Waals surface area (Å²) in [5.41, 5.74) is 4.59. The minimum absolute atomic E-state index is 0. The fourth-order valence-corrected chi connectivity index (χ4v) is 4.95. The summed E-state index contributed by atoms with van der Waals surface area (Å²) in [6.07, 6.45) is -8.58. The standard InChI is InChI=1S/2C17H12F3.C2H7Si.2ClH.Ti/c2*1-11-9-13-3-2-4-15(16(13)10-11)12-5-7-14(8-6-12)17(18,19)20;1-3-2;;;/h2*2-10H,1H3;3H,1-2H3;2*1H;/q2*-1;;;;+4/p-2. The molecular formula is C36H31Cl2F6SiTi. The molecule has 0 fully saturated rings. The zero-order valence-electron chi connectivity index (χ0n) is 25.5. The number of halogens is 8. The second-order valence-corrected chi connectivity index (χ2v) is 11.6. The van der Waals surface area contributed by atoms with Crippen LogP contribution in [0, 0.1) is 13.8 Å². The number of benzene rings is 4. The largest absolute Gasteiger partial charge is 4.00 e. The number of hydrogen-bond acceptors (Lipinski definition) is 0. The summed E-state index contributed by atoms with van der Waals surface area (Å²) in [5.74, 6) is 0. The van der Waals surface area contributed by atoms with E-state index in [4.69, 9.17) is 0 Å². The third-order valence-corrected chi connectivity index (χ3v) is 6.84. The molecule has 0 amide bonds. The van der Waals surface area contributed by atoms with Crippen LogP contribution in [0.4, 0.5) is 26.3 Å². The second kappa shape index (κ2) is 17.4. The van der Waals surface area contributed by atoms with Crippen molar-refractivity contribution in [1.82, 2.24) is 0 Å². The first-order chi connectivity index (χ1) is 20.3. The van der Waals surface area contributed by atoms with Crippen molar-refractivity contribution in [3.8, 4) is 22.3 Å². The Kier molecular flexibility index (Phi) is 15.6. The van der Waals surface area contributed by atoms with Gasteiger partial charge in [-0.25, -0.2) is 0 Å². The molecule has 10 heteroatoms. The molecule has 0 unspecified atom stereocenters. The van der Waals surface area contributed by atoms with E-state index < -0.39 is 23.5 Å². The van der Waals surface area contributed by atoms with Gasteiger partial charge in [0.05, 0.1) is 11.1 Å². The molecular weight excluding hydrogens is 693 g/mol. The van der Waals surface area contributed by atoms with E-state index in [0.29, 0.717) is 0 Å². The fourth-order valence-electron chi connectivity index (χ4n) is 4.95. The first kappa shape index (κ1) is 41.2. The minimum Gasteiger partial charge on any atom is -1.00 e. The fraction of sp³-hybridized carbons (Fsp3) is 0.167. The number of aryl methyl sites for hydroxylation is 2. The van der Waals surface area contributed by atoms with Gasteiger partial charge in [0.1, 0.15) is 0 Å². The Balaban J connectivity index is 0.000000400. The van der Waals surface area contributed by atoms with Crippen molar-refractivity contribution in [2.45, 2.75) is 39.3 Å². The average Bonchev–Trinajstić information content (AvgIpc) is 3.53. The molecule has 0 bridgehead atoms. The second-order valence-electron chi connectivity index (χ2n) is 10.4. The third-order valence-electron chi connectivity index (χ3n) is 6.84. The summed E-state index contributed by atoms with van der Waals surface area (Å²) in [6.45, 7) is 8.44. The van der Waals surface area contributed by atoms with Crippen LogP contribution in [-0.2, 0) is 34.1 Å². The Bertz CT molecular complexity index is 1670. The van der Waals surface area contributed by atoms with E-state index in [1.165, 1.54) is 24.3 Å². The summed E-state index contributed by atoms with van der Waals surface area (Å²) < 4.78 is 75.5. The van der Waals surface area contributed by atoms with Gasteiger partial charge in [-0.1, -0.05) is 74.5 Å². The van der Waals surface area contributed by atoms with Crippen LogP contribution in [0.25, 0.3) is 43.8 Å². The average molecular weight is 724 g/mol. The number of rotatable bonds is 2. The number of hydrogen-bond donors (Lipinski definition) is 0. The van der Waals surface area contributed by atoms with Gasteiger partial charge in [-0.05, 0) is 35.4 Å². The predicted octanol–water partition coefficient (Wildman–Crippen LogP) is 5.63. The molecule has 0 aromatic heterocycles. The zero-order chi connectivity index (χ0) is 31.4. The zero-order valence-corrected chi connectivity index (χ0v) is 29.7. The first-order valence-corrected chi connectivity index (χ1v) is 16.0. The maximum absolute atomic E-state index is 12.6. The molecule has 46 heavy (non-hydrogen) atoms. The summed E-state index contributed by atoms with van der Waals surface area (Å²) in [4.78, 5) is 0. The van der Waals surface area contributed by atoms with Crippen LogP contribution < -0.4 is 24.8 Å². The van der Waals surface area contributed by atoms with Crippen molar-refractivity contribution in [2.24, 2.45) is 0 Å². The molecule has 0 N–H and O–H groups in total. The van der Waals surface area contributed by atoms with Gasteiger partial charge in [-0.15, -0.1) is 69.1 Å². The Labute approximate surface area is 295 Å². The van der Waals surface area contributed by atoms with Crippen molar-refractivity contribution in [1.29, 1.82) is 0 Å². The SMILES string of the molecule is C[SiH]C.Cc1cc2c(-c3ccc(C(F)(F)F)cc3)cccc2[cH-]1.Cc1cc2c(-c3ccc(C(F)(F)F)cc3)cccc2[cH-]1.[Cl-].[Cl-].[Ti+4]. The van der Waals surface area contributed by atoms with Crippen molar-refractivity contribution in [2.75, 3.05) is 0 Å². The van der Waals surface area contributed by atoms with Gasteiger partial charge in [0.25, 0.3) is 0 Å². The van der Waals surface area contributed by atoms with Gasteiger partial charge in [0, 0.05) is 9.52 Å². The van der Waals surface area contributed by atoms with E-state index in [-0.39, 0.29) is 46.5 Å². The molecule has 0 aliphatic carbocycles. The first-order valence-electron chi connectivity index (χ1n) is 13.7.